The molecule has 0 spiro atoms. The number of piperidine rings is 1. The maximum Gasteiger partial charge on any atom is 0.286 e. The number of hydrogen-bond acceptors (Lipinski definition) is 6. The fourth-order valence-electron chi connectivity index (χ4n) is 3.03. The summed E-state index contributed by atoms with van der Waals surface area (Å²) in [5.41, 5.74) is 4.18. The number of hydrogen-bond donors (Lipinski definition) is 3. The van der Waals surface area contributed by atoms with Crippen molar-refractivity contribution >= 4 is 15.7 Å². The summed E-state index contributed by atoms with van der Waals surface area (Å²) in [5, 5.41) is 10.8. The van der Waals surface area contributed by atoms with Crippen molar-refractivity contribution in [3.05, 3.63) is 17.0 Å². The molecule has 9 heteroatoms. The van der Waals surface area contributed by atoms with Gasteiger partial charge in [-0.1, -0.05) is 6.42 Å². The molecule has 0 saturated carbocycles. The number of H-pyrrole nitrogens is 1. The van der Waals surface area contributed by atoms with Crippen LogP contribution in [0.1, 0.15) is 46.4 Å². The quantitative estimate of drug-likeness (QED) is 0.705. The minimum atomic E-state index is -3.36. The van der Waals surface area contributed by atoms with Crippen LogP contribution in [-0.2, 0) is 16.3 Å². The second kappa shape index (κ2) is 5.98. The van der Waals surface area contributed by atoms with Crippen molar-refractivity contribution in [3.8, 4) is 0 Å². The number of sulfone groups is 1. The van der Waals surface area contributed by atoms with E-state index in [1.807, 2.05) is 5.01 Å². The van der Waals surface area contributed by atoms with Crippen LogP contribution >= 0.6 is 0 Å². The lowest BCUT2D eigenvalue weighted by atomic mass is 10.1. The fraction of sp³-hybridized carbons (Fsp3) is 0.692. The van der Waals surface area contributed by atoms with E-state index >= 15 is 0 Å². The molecule has 1 aromatic rings. The Balaban J connectivity index is 1.85. The Morgan fingerprint density at radius 1 is 1.32 bits per heavy atom. The van der Waals surface area contributed by atoms with Crippen molar-refractivity contribution in [2.45, 2.75) is 31.1 Å². The average Bonchev–Trinajstić information content (AvgIpc) is 2.91. The van der Waals surface area contributed by atoms with E-state index in [0.29, 0.717) is 18.5 Å². The highest BCUT2D eigenvalue weighted by molar-refractivity contribution is 7.90. The zero-order valence-corrected chi connectivity index (χ0v) is 13.4. The molecule has 2 aliphatic rings. The molecule has 3 heterocycles. The van der Waals surface area contributed by atoms with Gasteiger partial charge in [0.2, 0.25) is 0 Å². The molecule has 1 saturated heterocycles. The van der Waals surface area contributed by atoms with Crippen LogP contribution in [0.2, 0.25) is 0 Å². The van der Waals surface area contributed by atoms with Gasteiger partial charge in [0.1, 0.15) is 5.37 Å². The summed E-state index contributed by atoms with van der Waals surface area (Å²) in [6, 6.07) is 0. The van der Waals surface area contributed by atoms with Gasteiger partial charge in [0, 0.05) is 43.6 Å². The van der Waals surface area contributed by atoms with E-state index in [4.69, 9.17) is 0 Å². The third kappa shape index (κ3) is 3.01. The number of amides is 1. The van der Waals surface area contributed by atoms with Crippen LogP contribution in [-0.4, -0.2) is 55.4 Å². The molecule has 3 N–H and O–H groups in total. The average molecular weight is 327 g/mol. The van der Waals surface area contributed by atoms with Crippen LogP contribution in [0.3, 0.4) is 0 Å². The summed E-state index contributed by atoms with van der Waals surface area (Å²) in [6.45, 7) is 2.17. The first-order chi connectivity index (χ1) is 10.5. The molecular weight excluding hydrogens is 306 g/mol. The van der Waals surface area contributed by atoms with E-state index in [0.717, 1.165) is 31.6 Å². The van der Waals surface area contributed by atoms with E-state index in [2.05, 4.69) is 20.9 Å². The maximum absolute atomic E-state index is 12.5. The van der Waals surface area contributed by atoms with E-state index in [-0.39, 0.29) is 11.6 Å². The first-order valence-electron chi connectivity index (χ1n) is 7.52. The highest BCUT2D eigenvalue weighted by Gasteiger charge is 2.35. The molecule has 1 amide bonds. The number of nitrogens with one attached hydrogen (secondary N) is 3. The zero-order valence-electron chi connectivity index (χ0n) is 12.6. The molecule has 0 radical (unpaired) electrons. The molecule has 3 rings (SSSR count). The Labute approximate surface area is 129 Å². The fourth-order valence-corrected chi connectivity index (χ4v) is 4.13. The summed E-state index contributed by atoms with van der Waals surface area (Å²) < 4.78 is 23.9. The van der Waals surface area contributed by atoms with E-state index in [1.165, 1.54) is 12.7 Å². The smallest absolute Gasteiger partial charge is 0.286 e. The van der Waals surface area contributed by atoms with Gasteiger partial charge in [0.15, 0.2) is 15.5 Å². The molecule has 2 aliphatic heterocycles. The van der Waals surface area contributed by atoms with Gasteiger partial charge < -0.3 is 0 Å². The van der Waals surface area contributed by atoms with E-state index in [9.17, 15) is 13.2 Å². The van der Waals surface area contributed by atoms with Crippen molar-refractivity contribution in [1.82, 2.24) is 25.9 Å². The molecule has 122 valence electrons. The summed E-state index contributed by atoms with van der Waals surface area (Å²) >= 11 is 0. The standard InChI is InChI=1S/C13H21N5O3S/c1-22(20,21)13-10-9(5-6-14-13)15-16-11(10)12(19)17-18-7-3-2-4-8-18/h13-14H,2-8H2,1H3,(H,15,16)(H,17,19). The SMILES string of the molecule is CS(=O)(=O)C1NCCc2[nH]nc(C(=O)NN3CCCCC3)c21. The van der Waals surface area contributed by atoms with Gasteiger partial charge in [0.05, 0.1) is 0 Å². The van der Waals surface area contributed by atoms with Gasteiger partial charge in [-0.15, -0.1) is 0 Å². The summed E-state index contributed by atoms with van der Waals surface area (Å²) in [4.78, 5) is 12.5. The predicted octanol–water partition coefficient (Wildman–Crippen LogP) is -0.271. The van der Waals surface area contributed by atoms with Crippen molar-refractivity contribution in [3.63, 3.8) is 0 Å². The van der Waals surface area contributed by atoms with Gasteiger partial charge in [-0.25, -0.2) is 13.4 Å². The number of aromatic amines is 1. The number of carbonyl (C=O) groups is 1. The van der Waals surface area contributed by atoms with Crippen molar-refractivity contribution in [2.75, 3.05) is 25.9 Å². The predicted molar refractivity (Wildman–Crippen MR) is 80.8 cm³/mol. The minimum absolute atomic E-state index is 0.170. The molecule has 22 heavy (non-hydrogen) atoms. The molecule has 1 fully saturated rings. The highest BCUT2D eigenvalue weighted by atomic mass is 32.2. The molecule has 0 aromatic carbocycles. The van der Waals surface area contributed by atoms with E-state index in [1.54, 1.807) is 0 Å². The van der Waals surface area contributed by atoms with Gasteiger partial charge in [-0.2, -0.15) is 5.10 Å². The molecule has 1 aromatic heterocycles. The monoisotopic (exact) mass is 327 g/mol. The topological polar surface area (TPSA) is 107 Å². The molecule has 0 bridgehead atoms. The third-order valence-corrected chi connectivity index (χ3v) is 5.37. The Morgan fingerprint density at radius 2 is 2.05 bits per heavy atom. The molecule has 1 unspecified atom stereocenters. The number of aromatic nitrogens is 2. The van der Waals surface area contributed by atoms with E-state index < -0.39 is 15.2 Å². The first-order valence-corrected chi connectivity index (χ1v) is 9.47. The summed E-state index contributed by atoms with van der Waals surface area (Å²) in [6.07, 6.45) is 5.06. The van der Waals surface area contributed by atoms with Gasteiger partial charge in [-0.3, -0.25) is 20.6 Å². The largest absolute Gasteiger partial charge is 0.297 e. The van der Waals surface area contributed by atoms with Crippen molar-refractivity contribution < 1.29 is 13.2 Å². The third-order valence-electron chi connectivity index (χ3n) is 4.11. The minimum Gasteiger partial charge on any atom is -0.297 e. The number of carbonyl (C=O) groups excluding carboxylic acids is 1. The number of hydrazine groups is 1. The van der Waals surface area contributed by atoms with Crippen LogP contribution in [0.15, 0.2) is 0 Å². The zero-order chi connectivity index (χ0) is 15.7. The summed E-state index contributed by atoms with van der Waals surface area (Å²) in [5.74, 6) is -0.350. The molecule has 0 aliphatic carbocycles. The van der Waals surface area contributed by atoms with Crippen LogP contribution in [0.5, 0.6) is 0 Å². The number of nitrogens with zero attached hydrogens (tertiary/aromatic N) is 2. The van der Waals surface area contributed by atoms with Crippen LogP contribution in [0, 0.1) is 0 Å². The van der Waals surface area contributed by atoms with Crippen LogP contribution in [0.25, 0.3) is 0 Å². The highest BCUT2D eigenvalue weighted by Crippen LogP contribution is 2.28. The Bertz CT molecular complexity index is 663. The summed E-state index contributed by atoms with van der Waals surface area (Å²) in [7, 11) is -3.36. The number of rotatable bonds is 3. The van der Waals surface area contributed by atoms with Crippen LogP contribution in [0.4, 0.5) is 0 Å². The second-order valence-corrected chi connectivity index (χ2v) is 8.00. The van der Waals surface area contributed by atoms with Crippen molar-refractivity contribution in [1.29, 1.82) is 0 Å². The maximum atomic E-state index is 12.5. The Morgan fingerprint density at radius 3 is 2.73 bits per heavy atom. The molecular formula is C13H21N5O3S. The molecule has 1 atom stereocenters. The lowest BCUT2D eigenvalue weighted by Gasteiger charge is -2.27. The lowest BCUT2D eigenvalue weighted by Crippen LogP contribution is -2.46. The number of fused-ring (bicyclic) bond motifs is 1. The molecule has 8 nitrogen and oxygen atoms in total. The normalized spacial score (nSPS) is 23.0. The van der Waals surface area contributed by atoms with Gasteiger partial charge in [-0.05, 0) is 12.8 Å². The van der Waals surface area contributed by atoms with Gasteiger partial charge >= 0.3 is 0 Å². The van der Waals surface area contributed by atoms with Crippen LogP contribution < -0.4 is 10.7 Å². The Hall–Kier alpha value is -1.45. The first kappa shape index (κ1) is 15.4. The van der Waals surface area contributed by atoms with Crippen molar-refractivity contribution in [2.24, 2.45) is 0 Å². The Kier molecular flexibility index (Phi) is 4.20. The van der Waals surface area contributed by atoms with Gasteiger partial charge in [0.25, 0.3) is 5.91 Å². The lowest BCUT2D eigenvalue weighted by molar-refractivity contribution is 0.0743. The second-order valence-electron chi connectivity index (χ2n) is 5.87.